The standard InChI is InChI=1S/C17H25N3O/c1-18-10-6-5-9-16(18)17(21)20-13-11-19(12-14-20)15-7-3-2-4-8-15/h2-4,7-8,16H,5-6,9-14H2,1H3. The van der Waals surface area contributed by atoms with E-state index in [0.717, 1.165) is 39.1 Å². The monoisotopic (exact) mass is 287 g/mol. The molecule has 0 bridgehead atoms. The highest BCUT2D eigenvalue weighted by Gasteiger charge is 2.31. The van der Waals surface area contributed by atoms with E-state index in [9.17, 15) is 4.79 Å². The maximum Gasteiger partial charge on any atom is 0.240 e. The Kier molecular flexibility index (Phi) is 4.44. The lowest BCUT2D eigenvalue weighted by Gasteiger charge is -2.40. The molecule has 0 spiro atoms. The lowest BCUT2D eigenvalue weighted by molar-refractivity contribution is -0.137. The number of hydrogen-bond donors (Lipinski definition) is 0. The SMILES string of the molecule is CN1CCCCC1C(=O)N1CCN(c2ccccc2)CC1. The van der Waals surface area contributed by atoms with Gasteiger partial charge in [0.05, 0.1) is 6.04 Å². The van der Waals surface area contributed by atoms with Crippen molar-refractivity contribution in [2.45, 2.75) is 25.3 Å². The van der Waals surface area contributed by atoms with Crippen LogP contribution in [0.2, 0.25) is 0 Å². The molecule has 114 valence electrons. The topological polar surface area (TPSA) is 26.8 Å². The predicted octanol–water partition coefficient (Wildman–Crippen LogP) is 1.82. The van der Waals surface area contributed by atoms with E-state index in [1.807, 2.05) is 6.07 Å². The van der Waals surface area contributed by atoms with Crippen LogP contribution in [0.1, 0.15) is 19.3 Å². The summed E-state index contributed by atoms with van der Waals surface area (Å²) < 4.78 is 0. The van der Waals surface area contributed by atoms with Gasteiger partial charge in [0.2, 0.25) is 5.91 Å². The smallest absolute Gasteiger partial charge is 0.240 e. The number of piperidine rings is 1. The van der Waals surface area contributed by atoms with Crippen molar-refractivity contribution in [3.63, 3.8) is 0 Å². The van der Waals surface area contributed by atoms with Crippen LogP contribution in [0.25, 0.3) is 0 Å². The Labute approximate surface area is 127 Å². The first-order valence-electron chi connectivity index (χ1n) is 8.05. The Balaban J connectivity index is 1.57. The molecule has 1 unspecified atom stereocenters. The summed E-state index contributed by atoms with van der Waals surface area (Å²) in [7, 11) is 2.09. The summed E-state index contributed by atoms with van der Waals surface area (Å²) in [5.74, 6) is 0.338. The summed E-state index contributed by atoms with van der Waals surface area (Å²) in [5.41, 5.74) is 1.26. The van der Waals surface area contributed by atoms with Crippen molar-refractivity contribution in [1.82, 2.24) is 9.80 Å². The van der Waals surface area contributed by atoms with Crippen LogP contribution in [-0.4, -0.2) is 61.5 Å². The average molecular weight is 287 g/mol. The van der Waals surface area contributed by atoms with Gasteiger partial charge in [-0.3, -0.25) is 9.69 Å². The fourth-order valence-corrected chi connectivity index (χ4v) is 3.42. The zero-order valence-electron chi connectivity index (χ0n) is 12.9. The minimum atomic E-state index is 0.113. The summed E-state index contributed by atoms with van der Waals surface area (Å²) in [4.78, 5) is 19.3. The number of amides is 1. The number of rotatable bonds is 2. The quantitative estimate of drug-likeness (QED) is 0.830. The van der Waals surface area contributed by atoms with Gasteiger partial charge in [-0.15, -0.1) is 0 Å². The van der Waals surface area contributed by atoms with Gasteiger partial charge in [0, 0.05) is 31.9 Å². The summed E-state index contributed by atoms with van der Waals surface area (Å²) >= 11 is 0. The lowest BCUT2D eigenvalue weighted by atomic mass is 10.0. The number of piperazine rings is 1. The van der Waals surface area contributed by atoms with Gasteiger partial charge >= 0.3 is 0 Å². The van der Waals surface area contributed by atoms with Crippen LogP contribution in [0.4, 0.5) is 5.69 Å². The molecular formula is C17H25N3O. The Morgan fingerprint density at radius 3 is 2.38 bits per heavy atom. The summed E-state index contributed by atoms with van der Waals surface area (Å²) in [5, 5.41) is 0. The van der Waals surface area contributed by atoms with Gasteiger partial charge < -0.3 is 9.80 Å². The first kappa shape index (κ1) is 14.4. The number of likely N-dealkylation sites (N-methyl/N-ethyl adjacent to an activating group) is 1. The molecule has 4 nitrogen and oxygen atoms in total. The van der Waals surface area contributed by atoms with Gasteiger partial charge in [-0.25, -0.2) is 0 Å². The Bertz CT molecular complexity index is 468. The number of hydrogen-bond acceptors (Lipinski definition) is 3. The lowest BCUT2D eigenvalue weighted by Crippen LogP contribution is -2.55. The number of para-hydroxylation sites is 1. The number of carbonyl (C=O) groups excluding carboxylic acids is 1. The van der Waals surface area contributed by atoms with Crippen LogP contribution in [-0.2, 0) is 4.79 Å². The van der Waals surface area contributed by atoms with Crippen molar-refractivity contribution < 1.29 is 4.79 Å². The summed E-state index contributed by atoms with van der Waals surface area (Å²) in [6, 6.07) is 10.6. The average Bonchev–Trinajstić information content (AvgIpc) is 2.56. The molecule has 0 N–H and O–H groups in total. The molecule has 0 aromatic heterocycles. The second-order valence-electron chi connectivity index (χ2n) is 6.14. The third-order valence-corrected chi connectivity index (χ3v) is 4.77. The van der Waals surface area contributed by atoms with Crippen LogP contribution in [0.15, 0.2) is 30.3 Å². The fourth-order valence-electron chi connectivity index (χ4n) is 3.42. The third-order valence-electron chi connectivity index (χ3n) is 4.77. The van der Waals surface area contributed by atoms with E-state index in [4.69, 9.17) is 0 Å². The molecule has 2 fully saturated rings. The van der Waals surface area contributed by atoms with E-state index < -0.39 is 0 Å². The second kappa shape index (κ2) is 6.48. The molecule has 4 heteroatoms. The molecule has 2 aliphatic heterocycles. The van der Waals surface area contributed by atoms with E-state index in [0.29, 0.717) is 5.91 Å². The number of carbonyl (C=O) groups is 1. The largest absolute Gasteiger partial charge is 0.368 e. The predicted molar refractivity (Wildman–Crippen MR) is 85.5 cm³/mol. The first-order chi connectivity index (χ1) is 10.3. The molecule has 0 saturated carbocycles. The molecule has 1 aromatic rings. The van der Waals surface area contributed by atoms with Crippen molar-refractivity contribution >= 4 is 11.6 Å². The molecule has 0 aliphatic carbocycles. The molecule has 1 amide bonds. The summed E-state index contributed by atoms with van der Waals surface area (Å²) in [6.45, 7) is 4.62. The van der Waals surface area contributed by atoms with Crippen LogP contribution in [0.5, 0.6) is 0 Å². The van der Waals surface area contributed by atoms with E-state index in [1.165, 1.54) is 18.5 Å². The van der Waals surface area contributed by atoms with Crippen LogP contribution >= 0.6 is 0 Å². The van der Waals surface area contributed by atoms with Crippen LogP contribution in [0.3, 0.4) is 0 Å². The minimum Gasteiger partial charge on any atom is -0.368 e. The van der Waals surface area contributed by atoms with E-state index >= 15 is 0 Å². The summed E-state index contributed by atoms with van der Waals surface area (Å²) in [6.07, 6.45) is 3.43. The van der Waals surface area contributed by atoms with Crippen LogP contribution < -0.4 is 4.90 Å². The van der Waals surface area contributed by atoms with Crippen LogP contribution in [0, 0.1) is 0 Å². The normalized spacial score (nSPS) is 24.1. The Morgan fingerprint density at radius 2 is 1.71 bits per heavy atom. The Morgan fingerprint density at radius 1 is 1.00 bits per heavy atom. The maximum absolute atomic E-state index is 12.7. The second-order valence-corrected chi connectivity index (χ2v) is 6.14. The number of nitrogens with zero attached hydrogens (tertiary/aromatic N) is 3. The zero-order chi connectivity index (χ0) is 14.7. The fraction of sp³-hybridized carbons (Fsp3) is 0.588. The minimum absolute atomic E-state index is 0.113. The van der Waals surface area contributed by atoms with Crippen molar-refractivity contribution in [3.8, 4) is 0 Å². The van der Waals surface area contributed by atoms with Crippen molar-refractivity contribution in [2.24, 2.45) is 0 Å². The van der Waals surface area contributed by atoms with Gasteiger partial charge in [0.15, 0.2) is 0 Å². The van der Waals surface area contributed by atoms with Gasteiger partial charge in [0.1, 0.15) is 0 Å². The number of likely N-dealkylation sites (tertiary alicyclic amines) is 1. The first-order valence-corrected chi connectivity index (χ1v) is 8.05. The highest BCUT2D eigenvalue weighted by Crippen LogP contribution is 2.20. The molecule has 21 heavy (non-hydrogen) atoms. The highest BCUT2D eigenvalue weighted by molar-refractivity contribution is 5.82. The Hall–Kier alpha value is -1.55. The van der Waals surface area contributed by atoms with Gasteiger partial charge in [-0.05, 0) is 38.6 Å². The molecule has 2 saturated heterocycles. The van der Waals surface area contributed by atoms with Crippen molar-refractivity contribution in [2.75, 3.05) is 44.7 Å². The van der Waals surface area contributed by atoms with Gasteiger partial charge in [0.25, 0.3) is 0 Å². The molecule has 2 heterocycles. The van der Waals surface area contributed by atoms with E-state index in [-0.39, 0.29) is 6.04 Å². The highest BCUT2D eigenvalue weighted by atomic mass is 16.2. The molecular weight excluding hydrogens is 262 g/mol. The zero-order valence-corrected chi connectivity index (χ0v) is 12.9. The van der Waals surface area contributed by atoms with Gasteiger partial charge in [-0.1, -0.05) is 24.6 Å². The molecule has 1 aromatic carbocycles. The molecule has 1 atom stereocenters. The van der Waals surface area contributed by atoms with Crippen molar-refractivity contribution in [1.29, 1.82) is 0 Å². The van der Waals surface area contributed by atoms with Crippen molar-refractivity contribution in [3.05, 3.63) is 30.3 Å². The number of anilines is 1. The number of benzene rings is 1. The molecule has 3 rings (SSSR count). The van der Waals surface area contributed by atoms with Gasteiger partial charge in [-0.2, -0.15) is 0 Å². The molecule has 0 radical (unpaired) electrons. The van der Waals surface area contributed by atoms with E-state index in [1.54, 1.807) is 0 Å². The molecule has 2 aliphatic rings. The van der Waals surface area contributed by atoms with E-state index in [2.05, 4.69) is 46.0 Å². The maximum atomic E-state index is 12.7. The third kappa shape index (κ3) is 3.21.